The van der Waals surface area contributed by atoms with E-state index in [1.165, 1.54) is 23.3 Å². The van der Waals surface area contributed by atoms with Crippen LogP contribution in [0.4, 0.5) is 0 Å². The predicted octanol–water partition coefficient (Wildman–Crippen LogP) is 2.17. The smallest absolute Gasteiger partial charge is 0.237 e. The maximum Gasteiger partial charge on any atom is 0.237 e. The number of hydrazine groups is 1. The van der Waals surface area contributed by atoms with E-state index < -0.39 is 0 Å². The largest absolute Gasteiger partial charge is 0.480 e. The third-order valence-electron chi connectivity index (χ3n) is 3.86. The number of aromatic nitrogens is 2. The van der Waals surface area contributed by atoms with Crippen LogP contribution in [0.2, 0.25) is 0 Å². The third kappa shape index (κ3) is 2.30. The number of fused-ring (bicyclic) bond motifs is 1. The van der Waals surface area contributed by atoms with Crippen molar-refractivity contribution in [2.75, 3.05) is 7.11 Å². The zero-order valence-corrected chi connectivity index (χ0v) is 12.2. The number of hydrogen-bond donors (Lipinski definition) is 2. The molecule has 2 aromatic heterocycles. The summed E-state index contributed by atoms with van der Waals surface area (Å²) in [7, 11) is 1.61. The SMILES string of the molecule is COc1nccnc1C(NN)C1CCCc2sccc21. The van der Waals surface area contributed by atoms with Crippen LogP contribution in [-0.2, 0) is 6.42 Å². The molecule has 2 unspecified atom stereocenters. The summed E-state index contributed by atoms with van der Waals surface area (Å²) < 4.78 is 5.32. The first kappa shape index (κ1) is 13.5. The predicted molar refractivity (Wildman–Crippen MR) is 78.6 cm³/mol. The van der Waals surface area contributed by atoms with E-state index in [2.05, 4.69) is 26.8 Å². The van der Waals surface area contributed by atoms with E-state index in [-0.39, 0.29) is 6.04 Å². The van der Waals surface area contributed by atoms with Gasteiger partial charge in [-0.2, -0.15) is 0 Å². The average molecular weight is 290 g/mol. The Labute approximate surface area is 122 Å². The molecule has 0 fully saturated rings. The molecule has 1 aliphatic carbocycles. The van der Waals surface area contributed by atoms with Crippen LogP contribution in [0, 0.1) is 0 Å². The molecular formula is C14H18N4OS. The molecule has 1 aliphatic rings. The van der Waals surface area contributed by atoms with Gasteiger partial charge >= 0.3 is 0 Å². The van der Waals surface area contributed by atoms with Crippen molar-refractivity contribution in [1.29, 1.82) is 0 Å². The fourth-order valence-corrected chi connectivity index (χ4v) is 3.96. The topological polar surface area (TPSA) is 73.1 Å². The van der Waals surface area contributed by atoms with Crippen LogP contribution in [0.15, 0.2) is 23.8 Å². The van der Waals surface area contributed by atoms with Gasteiger partial charge in [0, 0.05) is 23.2 Å². The van der Waals surface area contributed by atoms with E-state index in [9.17, 15) is 0 Å². The lowest BCUT2D eigenvalue weighted by Crippen LogP contribution is -2.34. The quantitative estimate of drug-likeness (QED) is 0.667. The normalized spacial score (nSPS) is 19.4. The van der Waals surface area contributed by atoms with Crippen LogP contribution in [0.25, 0.3) is 0 Å². The van der Waals surface area contributed by atoms with Crippen molar-refractivity contribution in [3.8, 4) is 5.88 Å². The molecule has 0 amide bonds. The summed E-state index contributed by atoms with van der Waals surface area (Å²) in [6.45, 7) is 0. The van der Waals surface area contributed by atoms with Gasteiger partial charge in [-0.25, -0.2) is 4.98 Å². The van der Waals surface area contributed by atoms with Crippen molar-refractivity contribution in [2.45, 2.75) is 31.2 Å². The van der Waals surface area contributed by atoms with Crippen LogP contribution in [-0.4, -0.2) is 17.1 Å². The van der Waals surface area contributed by atoms with Crippen LogP contribution < -0.4 is 16.0 Å². The van der Waals surface area contributed by atoms with E-state index >= 15 is 0 Å². The standard InChI is InChI=1S/C14H18N4OS/c1-19-14-13(16-6-7-17-14)12(18-15)10-3-2-4-11-9(10)5-8-20-11/h5-8,10,12,18H,2-4,15H2,1H3. The van der Waals surface area contributed by atoms with Crippen molar-refractivity contribution in [3.05, 3.63) is 40.0 Å². The van der Waals surface area contributed by atoms with E-state index in [1.54, 1.807) is 19.5 Å². The minimum absolute atomic E-state index is 0.0766. The van der Waals surface area contributed by atoms with Crippen molar-refractivity contribution >= 4 is 11.3 Å². The second-order valence-electron chi connectivity index (χ2n) is 4.89. The first-order valence-corrected chi connectivity index (χ1v) is 7.60. The Morgan fingerprint density at radius 1 is 1.45 bits per heavy atom. The minimum atomic E-state index is -0.0766. The van der Waals surface area contributed by atoms with E-state index in [1.807, 2.05) is 11.3 Å². The molecule has 20 heavy (non-hydrogen) atoms. The summed E-state index contributed by atoms with van der Waals surface area (Å²) >= 11 is 1.83. The Kier molecular flexibility index (Phi) is 3.95. The molecule has 106 valence electrons. The molecule has 3 N–H and O–H groups in total. The molecule has 2 heterocycles. The molecule has 0 aliphatic heterocycles. The van der Waals surface area contributed by atoms with E-state index in [0.717, 1.165) is 12.1 Å². The lowest BCUT2D eigenvalue weighted by atomic mass is 9.81. The summed E-state index contributed by atoms with van der Waals surface area (Å²) in [5.41, 5.74) is 5.08. The molecule has 2 atom stereocenters. The van der Waals surface area contributed by atoms with E-state index in [0.29, 0.717) is 11.8 Å². The van der Waals surface area contributed by atoms with Gasteiger partial charge in [0.25, 0.3) is 0 Å². The highest BCUT2D eigenvalue weighted by Gasteiger charge is 2.32. The fourth-order valence-electron chi connectivity index (χ4n) is 2.96. The molecule has 6 heteroatoms. The first-order valence-electron chi connectivity index (χ1n) is 6.72. The molecule has 0 aromatic carbocycles. The Hall–Kier alpha value is -1.50. The Morgan fingerprint density at radius 3 is 3.10 bits per heavy atom. The monoisotopic (exact) mass is 290 g/mol. The molecule has 2 aromatic rings. The van der Waals surface area contributed by atoms with Gasteiger partial charge in [0.1, 0.15) is 5.69 Å². The molecule has 0 saturated heterocycles. The van der Waals surface area contributed by atoms with Crippen molar-refractivity contribution in [1.82, 2.24) is 15.4 Å². The maximum atomic E-state index is 5.82. The number of nitrogens with one attached hydrogen (secondary N) is 1. The van der Waals surface area contributed by atoms with Crippen LogP contribution in [0.3, 0.4) is 0 Å². The van der Waals surface area contributed by atoms with Crippen LogP contribution >= 0.6 is 11.3 Å². The molecular weight excluding hydrogens is 272 g/mol. The van der Waals surface area contributed by atoms with E-state index in [4.69, 9.17) is 10.6 Å². The molecule has 0 radical (unpaired) electrons. The Morgan fingerprint density at radius 2 is 2.30 bits per heavy atom. The Bertz CT molecular complexity index is 586. The zero-order valence-electron chi connectivity index (χ0n) is 11.4. The second kappa shape index (κ2) is 5.87. The highest BCUT2D eigenvalue weighted by molar-refractivity contribution is 7.10. The molecule has 0 saturated carbocycles. The van der Waals surface area contributed by atoms with Gasteiger partial charge in [-0.3, -0.25) is 16.3 Å². The second-order valence-corrected chi connectivity index (χ2v) is 5.89. The number of methoxy groups -OCH3 is 1. The van der Waals surface area contributed by atoms with Gasteiger partial charge in [-0.15, -0.1) is 11.3 Å². The summed E-state index contributed by atoms with van der Waals surface area (Å²) in [6.07, 6.45) is 6.75. The molecule has 0 bridgehead atoms. The summed E-state index contributed by atoms with van der Waals surface area (Å²) in [5.74, 6) is 6.67. The highest BCUT2D eigenvalue weighted by atomic mass is 32.1. The van der Waals surface area contributed by atoms with Gasteiger partial charge in [0.05, 0.1) is 13.2 Å². The molecule has 5 nitrogen and oxygen atoms in total. The number of nitrogens with zero attached hydrogens (tertiary/aromatic N) is 2. The van der Waals surface area contributed by atoms with Crippen molar-refractivity contribution in [2.24, 2.45) is 5.84 Å². The number of ether oxygens (including phenoxy) is 1. The number of aryl methyl sites for hydroxylation is 1. The maximum absolute atomic E-state index is 5.82. The van der Waals surface area contributed by atoms with Gasteiger partial charge in [-0.1, -0.05) is 0 Å². The molecule has 0 spiro atoms. The van der Waals surface area contributed by atoms with Crippen molar-refractivity contribution < 1.29 is 4.74 Å². The summed E-state index contributed by atoms with van der Waals surface area (Å²) in [6, 6.07) is 2.13. The van der Waals surface area contributed by atoms with Crippen LogP contribution in [0.5, 0.6) is 5.88 Å². The number of rotatable bonds is 4. The van der Waals surface area contributed by atoms with Crippen molar-refractivity contribution in [3.63, 3.8) is 0 Å². The summed E-state index contributed by atoms with van der Waals surface area (Å²) in [5, 5.41) is 2.16. The molecule has 3 rings (SSSR count). The fraction of sp³-hybridized carbons (Fsp3) is 0.429. The number of nitrogens with two attached hydrogens (primary N) is 1. The number of hydrogen-bond acceptors (Lipinski definition) is 6. The first-order chi connectivity index (χ1) is 9.85. The minimum Gasteiger partial charge on any atom is -0.480 e. The lowest BCUT2D eigenvalue weighted by Gasteiger charge is -2.30. The third-order valence-corrected chi connectivity index (χ3v) is 4.86. The van der Waals surface area contributed by atoms with Crippen LogP contribution in [0.1, 0.15) is 40.9 Å². The average Bonchev–Trinajstić information content (AvgIpc) is 2.98. The van der Waals surface area contributed by atoms with Gasteiger partial charge in [0.15, 0.2) is 0 Å². The van der Waals surface area contributed by atoms with Gasteiger partial charge in [0.2, 0.25) is 5.88 Å². The highest BCUT2D eigenvalue weighted by Crippen LogP contribution is 2.42. The van der Waals surface area contributed by atoms with Gasteiger partial charge in [-0.05, 0) is 36.3 Å². The van der Waals surface area contributed by atoms with Gasteiger partial charge < -0.3 is 4.74 Å². The Balaban J connectivity index is 1.99. The zero-order chi connectivity index (χ0) is 13.9. The lowest BCUT2D eigenvalue weighted by molar-refractivity contribution is 0.353. The number of thiophene rings is 1. The summed E-state index contributed by atoms with van der Waals surface area (Å²) in [4.78, 5) is 10.1.